The predicted octanol–water partition coefficient (Wildman–Crippen LogP) is 1.47. The number of esters is 1. The zero-order valence-electron chi connectivity index (χ0n) is 15.2. The highest BCUT2D eigenvalue weighted by molar-refractivity contribution is 7.89. The molecule has 0 saturated carbocycles. The van der Waals surface area contributed by atoms with Gasteiger partial charge in [-0.25, -0.2) is 22.0 Å². The van der Waals surface area contributed by atoms with Gasteiger partial charge in [-0.2, -0.15) is 4.31 Å². The third-order valence-electron chi connectivity index (χ3n) is 3.98. The Hall–Kier alpha value is -2.59. The minimum Gasteiger partial charge on any atom is -0.452 e. The third-order valence-corrected chi connectivity index (χ3v) is 5.93. The maximum Gasteiger partial charge on any atom is 0.331 e. The topological polar surface area (TPSA) is 84.0 Å². The van der Waals surface area contributed by atoms with Crippen LogP contribution in [0.15, 0.2) is 47.4 Å². The van der Waals surface area contributed by atoms with Crippen LogP contribution in [0, 0.1) is 11.6 Å². The molecular weight excluding hydrogens is 394 g/mol. The first-order valence-electron chi connectivity index (χ1n) is 8.45. The average molecular weight is 414 g/mol. The molecular formula is C18H20F2N2O5S. The lowest BCUT2D eigenvalue weighted by Gasteiger charge is -2.33. The van der Waals surface area contributed by atoms with E-state index in [1.165, 1.54) is 17.1 Å². The van der Waals surface area contributed by atoms with Gasteiger partial charge in [-0.05, 0) is 19.1 Å². The molecule has 0 N–H and O–H groups in total. The van der Waals surface area contributed by atoms with Crippen molar-refractivity contribution >= 4 is 21.9 Å². The molecule has 0 bridgehead atoms. The van der Waals surface area contributed by atoms with Crippen LogP contribution in [0.25, 0.3) is 0 Å². The quantitative estimate of drug-likeness (QED) is 0.400. The van der Waals surface area contributed by atoms with E-state index in [0.717, 1.165) is 22.5 Å². The number of carbonyl (C=O) groups excluding carboxylic acids is 2. The van der Waals surface area contributed by atoms with Crippen LogP contribution < -0.4 is 0 Å². The molecule has 2 rings (SSSR count). The van der Waals surface area contributed by atoms with Crippen LogP contribution in [0.1, 0.15) is 6.92 Å². The van der Waals surface area contributed by atoms with E-state index in [0.29, 0.717) is 0 Å². The Morgan fingerprint density at radius 1 is 1.11 bits per heavy atom. The van der Waals surface area contributed by atoms with Crippen molar-refractivity contribution in [2.24, 2.45) is 0 Å². The summed E-state index contributed by atoms with van der Waals surface area (Å²) in [6.45, 7) is 1.07. The Morgan fingerprint density at radius 2 is 1.71 bits per heavy atom. The molecule has 0 radical (unpaired) electrons. The zero-order valence-corrected chi connectivity index (χ0v) is 16.0. The number of hydrogen-bond acceptors (Lipinski definition) is 5. The summed E-state index contributed by atoms with van der Waals surface area (Å²) in [5.74, 6) is -3.50. The number of halogens is 2. The van der Waals surface area contributed by atoms with Gasteiger partial charge in [0.2, 0.25) is 10.0 Å². The van der Waals surface area contributed by atoms with Gasteiger partial charge in [0, 0.05) is 32.3 Å². The summed E-state index contributed by atoms with van der Waals surface area (Å²) >= 11 is 0. The number of ether oxygens (including phenoxy) is 1. The van der Waals surface area contributed by atoms with Gasteiger partial charge in [0.25, 0.3) is 5.91 Å². The van der Waals surface area contributed by atoms with E-state index >= 15 is 0 Å². The lowest BCUT2D eigenvalue weighted by molar-refractivity contribution is -0.148. The maximum absolute atomic E-state index is 13.8. The minimum atomic E-state index is -4.37. The average Bonchev–Trinajstić information content (AvgIpc) is 2.66. The summed E-state index contributed by atoms with van der Waals surface area (Å²) < 4.78 is 58.4. The molecule has 1 heterocycles. The molecule has 0 aromatic heterocycles. The van der Waals surface area contributed by atoms with Gasteiger partial charge in [0.05, 0.1) is 0 Å². The summed E-state index contributed by atoms with van der Waals surface area (Å²) in [5, 5.41) is 0. The number of allylic oxidation sites excluding steroid dienone is 3. The van der Waals surface area contributed by atoms with Crippen LogP contribution in [0.3, 0.4) is 0 Å². The third kappa shape index (κ3) is 5.23. The van der Waals surface area contributed by atoms with Crippen LogP contribution in [0.5, 0.6) is 0 Å². The minimum absolute atomic E-state index is 0.0140. The molecule has 1 aliphatic rings. The second-order valence-corrected chi connectivity index (χ2v) is 7.70. The number of benzene rings is 1. The molecule has 1 saturated heterocycles. The number of amides is 1. The van der Waals surface area contributed by atoms with Gasteiger partial charge in [0.1, 0.15) is 11.6 Å². The second kappa shape index (κ2) is 9.56. The zero-order chi connectivity index (χ0) is 20.7. The van der Waals surface area contributed by atoms with Crippen LogP contribution in [0.4, 0.5) is 8.78 Å². The van der Waals surface area contributed by atoms with Crippen molar-refractivity contribution in [1.29, 1.82) is 0 Å². The number of sulfonamides is 1. The van der Waals surface area contributed by atoms with Crippen LogP contribution >= 0.6 is 0 Å². The molecule has 1 fully saturated rings. The molecule has 0 unspecified atom stereocenters. The standard InChI is InChI=1S/C18H20F2N2O5S/c1-2-3-4-8-17(24)27-13-16(23)21-9-11-22(12-10-21)28(25,26)18-14(19)6-5-7-15(18)20/h2-8H,9-13H2,1H3/b3-2+,8-4+. The number of rotatable bonds is 6. The molecule has 10 heteroatoms. The van der Waals surface area contributed by atoms with Gasteiger partial charge >= 0.3 is 5.97 Å². The van der Waals surface area contributed by atoms with E-state index in [4.69, 9.17) is 4.74 Å². The number of piperazine rings is 1. The Labute approximate surface area is 161 Å². The fourth-order valence-electron chi connectivity index (χ4n) is 2.55. The van der Waals surface area contributed by atoms with Crippen LogP contribution in [-0.2, 0) is 24.3 Å². The largest absolute Gasteiger partial charge is 0.452 e. The van der Waals surface area contributed by atoms with Crippen molar-refractivity contribution in [3.8, 4) is 0 Å². The monoisotopic (exact) mass is 414 g/mol. The Balaban J connectivity index is 1.93. The van der Waals surface area contributed by atoms with Crippen molar-refractivity contribution in [3.05, 3.63) is 54.1 Å². The highest BCUT2D eigenvalue weighted by Gasteiger charge is 2.34. The summed E-state index contributed by atoms with van der Waals surface area (Å²) in [6, 6.07) is 2.82. The van der Waals surface area contributed by atoms with Crippen LogP contribution in [0.2, 0.25) is 0 Å². The molecule has 152 valence electrons. The highest BCUT2D eigenvalue weighted by Crippen LogP contribution is 2.23. The van der Waals surface area contributed by atoms with E-state index in [-0.39, 0.29) is 26.2 Å². The van der Waals surface area contributed by atoms with E-state index in [1.54, 1.807) is 19.1 Å². The summed E-state index contributed by atoms with van der Waals surface area (Å²) in [4.78, 5) is 23.8. The second-order valence-electron chi connectivity index (χ2n) is 5.83. The van der Waals surface area contributed by atoms with Crippen molar-refractivity contribution < 1.29 is 31.5 Å². The molecule has 0 atom stereocenters. The molecule has 0 aliphatic carbocycles. The number of carbonyl (C=O) groups is 2. The first-order chi connectivity index (χ1) is 13.3. The molecule has 7 nitrogen and oxygen atoms in total. The molecule has 0 spiro atoms. The Morgan fingerprint density at radius 3 is 2.29 bits per heavy atom. The van der Waals surface area contributed by atoms with Crippen molar-refractivity contribution in [2.75, 3.05) is 32.8 Å². The maximum atomic E-state index is 13.8. The van der Waals surface area contributed by atoms with Crippen molar-refractivity contribution in [1.82, 2.24) is 9.21 Å². The number of hydrogen-bond donors (Lipinski definition) is 0. The fourth-order valence-corrected chi connectivity index (χ4v) is 4.08. The predicted molar refractivity (Wildman–Crippen MR) is 96.6 cm³/mol. The van der Waals surface area contributed by atoms with E-state index < -0.39 is 45.0 Å². The number of nitrogens with zero attached hydrogens (tertiary/aromatic N) is 2. The van der Waals surface area contributed by atoms with E-state index in [9.17, 15) is 26.8 Å². The first-order valence-corrected chi connectivity index (χ1v) is 9.89. The SMILES string of the molecule is C/C=C/C=C/C(=O)OCC(=O)N1CCN(S(=O)(=O)c2c(F)cccc2F)CC1. The van der Waals surface area contributed by atoms with Crippen molar-refractivity contribution in [2.45, 2.75) is 11.8 Å². The molecule has 1 amide bonds. The van der Waals surface area contributed by atoms with Gasteiger partial charge in [-0.3, -0.25) is 4.79 Å². The smallest absolute Gasteiger partial charge is 0.331 e. The molecule has 1 aromatic rings. The summed E-state index contributed by atoms with van der Waals surface area (Å²) in [7, 11) is -4.37. The van der Waals surface area contributed by atoms with Crippen LogP contribution in [-0.4, -0.2) is 62.3 Å². The molecule has 1 aromatic carbocycles. The molecule has 1 aliphatic heterocycles. The molecule has 28 heavy (non-hydrogen) atoms. The lowest BCUT2D eigenvalue weighted by atomic mass is 10.3. The van der Waals surface area contributed by atoms with Gasteiger partial charge in [-0.1, -0.05) is 24.3 Å². The Bertz CT molecular complexity index is 871. The normalized spacial score (nSPS) is 16.0. The first kappa shape index (κ1) is 21.7. The van der Waals surface area contributed by atoms with Gasteiger partial charge in [-0.15, -0.1) is 0 Å². The summed E-state index contributed by atoms with van der Waals surface area (Å²) in [6.07, 6.45) is 5.98. The van der Waals surface area contributed by atoms with E-state index in [2.05, 4.69) is 0 Å². The van der Waals surface area contributed by atoms with E-state index in [1.807, 2.05) is 0 Å². The highest BCUT2D eigenvalue weighted by atomic mass is 32.2. The Kier molecular flexibility index (Phi) is 7.41. The van der Waals surface area contributed by atoms with Crippen molar-refractivity contribution in [3.63, 3.8) is 0 Å². The lowest BCUT2D eigenvalue weighted by Crippen LogP contribution is -2.51. The van der Waals surface area contributed by atoms with Gasteiger partial charge < -0.3 is 9.64 Å². The summed E-state index contributed by atoms with van der Waals surface area (Å²) in [5.41, 5.74) is 0. The fraction of sp³-hybridized carbons (Fsp3) is 0.333. The van der Waals surface area contributed by atoms with Gasteiger partial charge in [0.15, 0.2) is 11.5 Å².